The lowest BCUT2D eigenvalue weighted by atomic mass is 10.2. The van der Waals surface area contributed by atoms with Crippen molar-refractivity contribution in [2.24, 2.45) is 5.10 Å². The zero-order chi connectivity index (χ0) is 16.1. The van der Waals surface area contributed by atoms with E-state index in [1.165, 1.54) is 11.8 Å². The van der Waals surface area contributed by atoms with E-state index in [1.54, 1.807) is 29.7 Å². The molecule has 1 amide bonds. The lowest BCUT2D eigenvalue weighted by molar-refractivity contribution is -0.118. The van der Waals surface area contributed by atoms with Gasteiger partial charge in [-0.05, 0) is 29.8 Å². The van der Waals surface area contributed by atoms with Gasteiger partial charge in [0.05, 0.1) is 22.2 Å². The van der Waals surface area contributed by atoms with Gasteiger partial charge in [0, 0.05) is 5.02 Å². The molecule has 0 unspecified atom stereocenters. The molecule has 1 N–H and O–H groups in total. The summed E-state index contributed by atoms with van der Waals surface area (Å²) in [5, 5.41) is 4.59. The fourth-order valence-electron chi connectivity index (χ4n) is 1.80. The topological polar surface area (TPSA) is 54.4 Å². The first-order valence-electron chi connectivity index (χ1n) is 6.76. The Balaban J connectivity index is 1.50. The largest absolute Gasteiger partial charge is 0.272 e. The number of nitrogens with one attached hydrogen (secondary N) is 1. The van der Waals surface area contributed by atoms with Gasteiger partial charge in [-0.2, -0.15) is 5.10 Å². The van der Waals surface area contributed by atoms with Crippen molar-refractivity contribution in [1.29, 1.82) is 0 Å². The molecule has 0 spiro atoms. The molecule has 116 valence electrons. The molecule has 1 heterocycles. The van der Waals surface area contributed by atoms with E-state index >= 15 is 0 Å². The molecule has 1 aromatic heterocycles. The second-order valence-electron chi connectivity index (χ2n) is 4.58. The highest BCUT2D eigenvalue weighted by atomic mass is 35.5. The second kappa shape index (κ2) is 7.59. The molecule has 0 aliphatic rings. The molecule has 0 aliphatic heterocycles. The molecular weight excluding hydrogens is 350 g/mol. The summed E-state index contributed by atoms with van der Waals surface area (Å²) < 4.78 is 2.00. The summed E-state index contributed by atoms with van der Waals surface area (Å²) in [7, 11) is 0. The molecule has 0 atom stereocenters. The number of amides is 1. The van der Waals surface area contributed by atoms with E-state index in [2.05, 4.69) is 15.5 Å². The number of hydrogen-bond acceptors (Lipinski definition) is 5. The van der Waals surface area contributed by atoms with Crippen LogP contribution in [0.2, 0.25) is 5.02 Å². The minimum Gasteiger partial charge on any atom is -0.272 e. The molecule has 0 radical (unpaired) electrons. The Hall–Kier alpha value is -1.89. The number of thioether (sulfide) groups is 1. The molecule has 0 saturated heterocycles. The van der Waals surface area contributed by atoms with Gasteiger partial charge in [-0.3, -0.25) is 4.79 Å². The lowest BCUT2D eigenvalue weighted by Gasteiger charge is -1.98. The van der Waals surface area contributed by atoms with Gasteiger partial charge in [-0.25, -0.2) is 10.4 Å². The van der Waals surface area contributed by atoms with E-state index in [1.807, 2.05) is 36.4 Å². The third-order valence-electron chi connectivity index (χ3n) is 2.87. The minimum atomic E-state index is -0.167. The summed E-state index contributed by atoms with van der Waals surface area (Å²) in [4.78, 5) is 16.3. The van der Waals surface area contributed by atoms with Crippen LogP contribution in [0.4, 0.5) is 0 Å². The predicted molar refractivity (Wildman–Crippen MR) is 97.5 cm³/mol. The highest BCUT2D eigenvalue weighted by Gasteiger charge is 2.06. The molecule has 3 aromatic rings. The smallest absolute Gasteiger partial charge is 0.250 e. The van der Waals surface area contributed by atoms with Crippen LogP contribution in [0.1, 0.15) is 5.56 Å². The monoisotopic (exact) mass is 361 g/mol. The van der Waals surface area contributed by atoms with E-state index in [0.29, 0.717) is 5.02 Å². The van der Waals surface area contributed by atoms with Gasteiger partial charge in [0.15, 0.2) is 4.34 Å². The third kappa shape index (κ3) is 4.54. The van der Waals surface area contributed by atoms with Gasteiger partial charge in [-0.1, -0.05) is 47.6 Å². The molecule has 0 aliphatic carbocycles. The van der Waals surface area contributed by atoms with Crippen LogP contribution in [0.3, 0.4) is 0 Å². The number of hydrazone groups is 1. The van der Waals surface area contributed by atoms with Crippen LogP contribution in [0.5, 0.6) is 0 Å². The standard InChI is InChI=1S/C16H12ClN3OS2/c17-12-7-5-11(6-8-12)9-18-20-15(21)10-22-16-19-13-3-1-2-4-14(13)23-16/h1-9H,10H2,(H,20,21)/b18-9+. The zero-order valence-electron chi connectivity index (χ0n) is 11.9. The van der Waals surface area contributed by atoms with Crippen molar-refractivity contribution in [1.82, 2.24) is 10.4 Å². The van der Waals surface area contributed by atoms with Crippen LogP contribution in [-0.4, -0.2) is 22.9 Å². The van der Waals surface area contributed by atoms with Crippen molar-refractivity contribution in [2.45, 2.75) is 4.34 Å². The van der Waals surface area contributed by atoms with Gasteiger partial charge in [0.2, 0.25) is 0 Å². The molecular formula is C16H12ClN3OS2. The zero-order valence-corrected chi connectivity index (χ0v) is 14.3. The van der Waals surface area contributed by atoms with Crippen LogP contribution in [0, 0.1) is 0 Å². The van der Waals surface area contributed by atoms with Gasteiger partial charge in [0.25, 0.3) is 5.91 Å². The molecule has 0 fully saturated rings. The Labute approximate surface area is 146 Å². The van der Waals surface area contributed by atoms with Crippen molar-refractivity contribution in [3.63, 3.8) is 0 Å². The van der Waals surface area contributed by atoms with E-state index in [9.17, 15) is 4.79 Å². The first-order chi connectivity index (χ1) is 11.2. The van der Waals surface area contributed by atoms with Crippen LogP contribution >= 0.6 is 34.7 Å². The Kier molecular flexibility index (Phi) is 5.27. The highest BCUT2D eigenvalue weighted by Crippen LogP contribution is 2.28. The SMILES string of the molecule is O=C(CSc1nc2ccccc2s1)N/N=C/c1ccc(Cl)cc1. The van der Waals surface area contributed by atoms with Crippen molar-refractivity contribution in [3.05, 3.63) is 59.1 Å². The molecule has 23 heavy (non-hydrogen) atoms. The van der Waals surface area contributed by atoms with Gasteiger partial charge >= 0.3 is 0 Å². The molecule has 0 saturated carbocycles. The van der Waals surface area contributed by atoms with Crippen LogP contribution in [0.25, 0.3) is 10.2 Å². The Morgan fingerprint density at radius 1 is 1.26 bits per heavy atom. The first kappa shape index (κ1) is 16.0. The molecule has 7 heteroatoms. The normalized spacial score (nSPS) is 11.2. The number of carbonyl (C=O) groups excluding carboxylic acids is 1. The van der Waals surface area contributed by atoms with Crippen molar-refractivity contribution < 1.29 is 4.79 Å². The van der Waals surface area contributed by atoms with Crippen molar-refractivity contribution >= 4 is 57.0 Å². The number of para-hydroxylation sites is 1. The quantitative estimate of drug-likeness (QED) is 0.421. The molecule has 2 aromatic carbocycles. The van der Waals surface area contributed by atoms with Gasteiger partial charge in [0.1, 0.15) is 0 Å². The Morgan fingerprint density at radius 3 is 2.83 bits per heavy atom. The number of aromatic nitrogens is 1. The lowest BCUT2D eigenvalue weighted by Crippen LogP contribution is -2.19. The maximum atomic E-state index is 11.8. The van der Waals surface area contributed by atoms with Crippen molar-refractivity contribution in [3.8, 4) is 0 Å². The number of carbonyl (C=O) groups is 1. The number of benzene rings is 2. The molecule has 4 nitrogen and oxygen atoms in total. The average molecular weight is 362 g/mol. The summed E-state index contributed by atoms with van der Waals surface area (Å²) >= 11 is 8.79. The molecule has 0 bridgehead atoms. The Morgan fingerprint density at radius 2 is 2.04 bits per heavy atom. The first-order valence-corrected chi connectivity index (χ1v) is 8.94. The maximum Gasteiger partial charge on any atom is 0.250 e. The average Bonchev–Trinajstić information content (AvgIpc) is 2.98. The highest BCUT2D eigenvalue weighted by molar-refractivity contribution is 8.01. The number of rotatable bonds is 5. The third-order valence-corrected chi connectivity index (χ3v) is 5.31. The number of fused-ring (bicyclic) bond motifs is 1. The summed E-state index contributed by atoms with van der Waals surface area (Å²) in [6, 6.07) is 15.1. The summed E-state index contributed by atoms with van der Waals surface area (Å²) in [5.41, 5.74) is 4.33. The van der Waals surface area contributed by atoms with E-state index in [-0.39, 0.29) is 11.7 Å². The molecule has 3 rings (SSSR count). The fraction of sp³-hybridized carbons (Fsp3) is 0.0625. The van der Waals surface area contributed by atoms with Gasteiger partial charge < -0.3 is 0 Å². The predicted octanol–water partition coefficient (Wildman–Crippen LogP) is 4.19. The van der Waals surface area contributed by atoms with Crippen LogP contribution < -0.4 is 5.43 Å². The fourth-order valence-corrected chi connectivity index (χ4v) is 3.79. The van der Waals surface area contributed by atoms with Crippen LogP contribution in [-0.2, 0) is 4.79 Å². The summed E-state index contributed by atoms with van der Waals surface area (Å²) in [6.07, 6.45) is 1.58. The summed E-state index contributed by atoms with van der Waals surface area (Å²) in [6.45, 7) is 0. The number of nitrogens with zero attached hydrogens (tertiary/aromatic N) is 2. The number of halogens is 1. The van der Waals surface area contributed by atoms with Crippen LogP contribution in [0.15, 0.2) is 58.0 Å². The maximum absolute atomic E-state index is 11.8. The van der Waals surface area contributed by atoms with E-state index in [0.717, 1.165) is 20.1 Å². The van der Waals surface area contributed by atoms with E-state index in [4.69, 9.17) is 11.6 Å². The second-order valence-corrected chi connectivity index (χ2v) is 7.27. The number of hydrogen-bond donors (Lipinski definition) is 1. The number of thiazole rings is 1. The van der Waals surface area contributed by atoms with Gasteiger partial charge in [-0.15, -0.1) is 11.3 Å². The Bertz CT molecular complexity index is 813. The minimum absolute atomic E-state index is 0.167. The van der Waals surface area contributed by atoms with Crippen molar-refractivity contribution in [2.75, 3.05) is 5.75 Å². The summed E-state index contributed by atoms with van der Waals surface area (Å²) in [5.74, 6) is 0.108. The van der Waals surface area contributed by atoms with E-state index < -0.39 is 0 Å².